The highest BCUT2D eigenvalue weighted by atomic mass is 32.2. The minimum absolute atomic E-state index is 0.0971. The summed E-state index contributed by atoms with van der Waals surface area (Å²) < 4.78 is 27.4. The van der Waals surface area contributed by atoms with Crippen molar-refractivity contribution < 1.29 is 8.42 Å². The third-order valence-electron chi connectivity index (χ3n) is 3.50. The van der Waals surface area contributed by atoms with Gasteiger partial charge in [0.1, 0.15) is 0 Å². The number of rotatable bonds is 4. The van der Waals surface area contributed by atoms with Crippen LogP contribution < -0.4 is 5.32 Å². The van der Waals surface area contributed by atoms with Crippen LogP contribution in [0.25, 0.3) is 5.65 Å². The Labute approximate surface area is 128 Å². The molecule has 7 heteroatoms. The summed E-state index contributed by atoms with van der Waals surface area (Å²) in [5.41, 5.74) is 1.40. The minimum Gasteiger partial charge on any atom is -0.370 e. The van der Waals surface area contributed by atoms with E-state index in [4.69, 9.17) is 0 Å². The third kappa shape index (κ3) is 2.23. The third-order valence-corrected chi connectivity index (χ3v) is 5.31. The number of aryl methyl sites for hydroxylation is 1. The summed E-state index contributed by atoms with van der Waals surface area (Å²) in [5.74, 6) is 0.290. The van der Waals surface area contributed by atoms with Crippen LogP contribution in [0.4, 0.5) is 5.82 Å². The van der Waals surface area contributed by atoms with Gasteiger partial charge in [0.05, 0.1) is 4.90 Å². The SMILES string of the molecule is CCc1ccc(S(=O)(=O)c2c(NC)nn3cccnc23)cc1. The molecule has 1 N–H and O–H groups in total. The summed E-state index contributed by atoms with van der Waals surface area (Å²) in [4.78, 5) is 4.49. The highest BCUT2D eigenvalue weighted by Crippen LogP contribution is 2.30. The molecule has 0 saturated carbocycles. The fraction of sp³-hybridized carbons (Fsp3) is 0.200. The van der Waals surface area contributed by atoms with Gasteiger partial charge in [-0.05, 0) is 30.2 Å². The van der Waals surface area contributed by atoms with Crippen molar-refractivity contribution in [3.05, 3.63) is 48.3 Å². The van der Waals surface area contributed by atoms with Gasteiger partial charge in [0, 0.05) is 19.4 Å². The Hall–Kier alpha value is -2.41. The Bertz CT molecular complexity index is 914. The Morgan fingerprint density at radius 2 is 1.95 bits per heavy atom. The summed E-state index contributed by atoms with van der Waals surface area (Å²) in [7, 11) is -2.06. The maximum absolute atomic E-state index is 13.0. The predicted molar refractivity (Wildman–Crippen MR) is 83.8 cm³/mol. The molecule has 0 bridgehead atoms. The van der Waals surface area contributed by atoms with E-state index in [1.807, 2.05) is 19.1 Å². The average Bonchev–Trinajstić information content (AvgIpc) is 2.94. The van der Waals surface area contributed by atoms with Gasteiger partial charge in [-0.15, -0.1) is 5.10 Å². The van der Waals surface area contributed by atoms with Crippen molar-refractivity contribution in [1.82, 2.24) is 14.6 Å². The maximum Gasteiger partial charge on any atom is 0.214 e. The Kier molecular flexibility index (Phi) is 3.58. The highest BCUT2D eigenvalue weighted by Gasteiger charge is 2.27. The first-order chi connectivity index (χ1) is 10.6. The van der Waals surface area contributed by atoms with E-state index in [0.717, 1.165) is 12.0 Å². The summed E-state index contributed by atoms with van der Waals surface area (Å²) in [6.07, 6.45) is 4.08. The number of hydrogen-bond acceptors (Lipinski definition) is 5. The molecule has 0 saturated heterocycles. The molecule has 0 unspecified atom stereocenters. The number of hydrogen-bond donors (Lipinski definition) is 1. The van der Waals surface area contributed by atoms with E-state index >= 15 is 0 Å². The molecule has 0 fully saturated rings. The molecule has 6 nitrogen and oxygen atoms in total. The lowest BCUT2D eigenvalue weighted by Crippen LogP contribution is -2.05. The van der Waals surface area contributed by atoms with Crippen LogP contribution in [-0.2, 0) is 16.3 Å². The van der Waals surface area contributed by atoms with Crippen molar-refractivity contribution in [2.45, 2.75) is 23.1 Å². The van der Waals surface area contributed by atoms with Crippen LogP contribution >= 0.6 is 0 Å². The largest absolute Gasteiger partial charge is 0.370 e. The fourth-order valence-corrected chi connectivity index (χ4v) is 3.81. The lowest BCUT2D eigenvalue weighted by Gasteiger charge is -2.06. The Morgan fingerprint density at radius 3 is 2.59 bits per heavy atom. The maximum atomic E-state index is 13.0. The van der Waals surface area contributed by atoms with Gasteiger partial charge in [0.2, 0.25) is 9.84 Å². The van der Waals surface area contributed by atoms with Gasteiger partial charge in [-0.3, -0.25) is 0 Å². The molecule has 0 aliphatic carbocycles. The van der Waals surface area contributed by atoms with Crippen LogP contribution in [-0.4, -0.2) is 30.1 Å². The number of anilines is 1. The number of benzene rings is 1. The van der Waals surface area contributed by atoms with Crippen molar-refractivity contribution in [1.29, 1.82) is 0 Å². The molecule has 0 radical (unpaired) electrons. The van der Waals surface area contributed by atoms with Crippen LogP contribution in [0.2, 0.25) is 0 Å². The first kappa shape index (κ1) is 14.5. The van der Waals surface area contributed by atoms with Crippen LogP contribution in [0.15, 0.2) is 52.5 Å². The Balaban J connectivity index is 2.23. The Morgan fingerprint density at radius 1 is 1.23 bits per heavy atom. The van der Waals surface area contributed by atoms with Gasteiger partial charge in [-0.1, -0.05) is 19.1 Å². The second-order valence-electron chi connectivity index (χ2n) is 4.82. The van der Waals surface area contributed by atoms with Gasteiger partial charge < -0.3 is 5.32 Å². The van der Waals surface area contributed by atoms with Gasteiger partial charge in [0.15, 0.2) is 16.4 Å². The van der Waals surface area contributed by atoms with Crippen molar-refractivity contribution in [3.63, 3.8) is 0 Å². The molecule has 1 aromatic carbocycles. The highest BCUT2D eigenvalue weighted by molar-refractivity contribution is 7.91. The lowest BCUT2D eigenvalue weighted by molar-refractivity contribution is 0.597. The molecule has 3 aromatic rings. The van der Waals surface area contributed by atoms with Crippen molar-refractivity contribution in [3.8, 4) is 0 Å². The monoisotopic (exact) mass is 316 g/mol. The zero-order valence-corrected chi connectivity index (χ0v) is 13.1. The van der Waals surface area contributed by atoms with Gasteiger partial charge in [0.25, 0.3) is 0 Å². The van der Waals surface area contributed by atoms with Gasteiger partial charge >= 0.3 is 0 Å². The standard InChI is InChI=1S/C15H16N4O2S/c1-3-11-5-7-12(8-6-11)22(20,21)13-14(16-2)18-19-10-4-9-17-15(13)19/h4-10H,3H2,1-2H3,(H,16,18). The summed E-state index contributed by atoms with van der Waals surface area (Å²) in [5, 5.41) is 7.05. The van der Waals surface area contributed by atoms with E-state index in [9.17, 15) is 8.42 Å². The molecule has 0 aliphatic heterocycles. The normalized spacial score (nSPS) is 11.7. The molecular weight excluding hydrogens is 300 g/mol. The summed E-state index contributed by atoms with van der Waals surface area (Å²) >= 11 is 0. The number of nitrogens with one attached hydrogen (secondary N) is 1. The number of fused-ring (bicyclic) bond motifs is 1. The molecule has 2 aromatic heterocycles. The zero-order valence-electron chi connectivity index (χ0n) is 12.3. The molecular formula is C15H16N4O2S. The lowest BCUT2D eigenvalue weighted by atomic mass is 10.2. The van der Waals surface area contributed by atoms with Gasteiger partial charge in [-0.2, -0.15) is 0 Å². The van der Waals surface area contributed by atoms with Crippen molar-refractivity contribution in [2.75, 3.05) is 12.4 Å². The summed E-state index contributed by atoms with van der Waals surface area (Å²) in [6.45, 7) is 2.03. The van der Waals surface area contributed by atoms with E-state index in [1.165, 1.54) is 4.52 Å². The molecule has 0 aliphatic rings. The molecule has 22 heavy (non-hydrogen) atoms. The molecule has 2 heterocycles. The number of sulfone groups is 1. The number of aromatic nitrogens is 3. The van der Waals surface area contributed by atoms with Crippen molar-refractivity contribution in [2.24, 2.45) is 0 Å². The number of nitrogens with zero attached hydrogens (tertiary/aromatic N) is 3. The van der Waals surface area contributed by atoms with E-state index in [1.54, 1.807) is 37.6 Å². The van der Waals surface area contributed by atoms with E-state index in [0.29, 0.717) is 11.5 Å². The van der Waals surface area contributed by atoms with E-state index in [2.05, 4.69) is 15.4 Å². The predicted octanol–water partition coefficient (Wildman–Crippen LogP) is 2.17. The summed E-state index contributed by atoms with van der Waals surface area (Å²) in [6, 6.07) is 8.60. The second kappa shape index (κ2) is 5.42. The van der Waals surface area contributed by atoms with Crippen LogP contribution in [0, 0.1) is 0 Å². The second-order valence-corrected chi connectivity index (χ2v) is 6.70. The molecule has 0 spiro atoms. The molecule has 3 rings (SSSR count). The molecule has 0 amide bonds. The smallest absolute Gasteiger partial charge is 0.214 e. The van der Waals surface area contributed by atoms with Crippen LogP contribution in [0.5, 0.6) is 0 Å². The minimum atomic E-state index is -3.70. The topological polar surface area (TPSA) is 76.4 Å². The first-order valence-corrected chi connectivity index (χ1v) is 8.41. The first-order valence-electron chi connectivity index (χ1n) is 6.93. The van der Waals surface area contributed by atoms with Crippen molar-refractivity contribution >= 4 is 21.3 Å². The van der Waals surface area contributed by atoms with Gasteiger partial charge in [-0.25, -0.2) is 17.9 Å². The van der Waals surface area contributed by atoms with Crippen LogP contribution in [0.1, 0.15) is 12.5 Å². The fourth-order valence-electron chi connectivity index (χ4n) is 2.30. The quantitative estimate of drug-likeness (QED) is 0.798. The molecule has 0 atom stereocenters. The van der Waals surface area contributed by atoms with E-state index in [-0.39, 0.29) is 9.79 Å². The molecule has 114 valence electrons. The van der Waals surface area contributed by atoms with Crippen LogP contribution in [0.3, 0.4) is 0 Å². The zero-order chi connectivity index (χ0) is 15.7. The van der Waals surface area contributed by atoms with E-state index < -0.39 is 9.84 Å². The average molecular weight is 316 g/mol.